The van der Waals surface area contributed by atoms with E-state index in [1.54, 1.807) is 19.1 Å². The van der Waals surface area contributed by atoms with E-state index in [1.165, 1.54) is 0 Å². The largest absolute Gasteiger partial charge is 0.497 e. The Morgan fingerprint density at radius 3 is 2.79 bits per heavy atom. The van der Waals surface area contributed by atoms with Crippen LogP contribution in [-0.2, 0) is 9.59 Å². The Bertz CT molecular complexity index is 930. The molecule has 2 aromatic carbocycles. The number of amides is 2. The second-order valence-electron chi connectivity index (χ2n) is 7.28. The Labute approximate surface area is 170 Å². The minimum atomic E-state index is -0.176. The summed E-state index contributed by atoms with van der Waals surface area (Å²) < 4.78 is 10.9. The van der Waals surface area contributed by atoms with Gasteiger partial charge in [-0.25, -0.2) is 0 Å². The van der Waals surface area contributed by atoms with Gasteiger partial charge in [-0.05, 0) is 49.7 Å². The van der Waals surface area contributed by atoms with Crippen molar-refractivity contribution < 1.29 is 19.1 Å². The monoisotopic (exact) mass is 395 g/mol. The van der Waals surface area contributed by atoms with Gasteiger partial charge in [-0.2, -0.15) is 0 Å². The second-order valence-corrected chi connectivity index (χ2v) is 7.28. The van der Waals surface area contributed by atoms with Gasteiger partial charge < -0.3 is 14.8 Å². The van der Waals surface area contributed by atoms with Crippen LogP contribution in [0.2, 0.25) is 0 Å². The summed E-state index contributed by atoms with van der Waals surface area (Å²) in [5.41, 5.74) is 2.44. The van der Waals surface area contributed by atoms with Crippen LogP contribution in [0.15, 0.2) is 42.5 Å². The van der Waals surface area contributed by atoms with Crippen LogP contribution in [-0.4, -0.2) is 50.6 Å². The molecule has 1 N–H and O–H groups in total. The van der Waals surface area contributed by atoms with Crippen molar-refractivity contribution in [2.24, 2.45) is 0 Å². The molecule has 2 aromatic rings. The van der Waals surface area contributed by atoms with Gasteiger partial charge >= 0.3 is 0 Å². The highest BCUT2D eigenvalue weighted by Gasteiger charge is 2.33. The van der Waals surface area contributed by atoms with Crippen LogP contribution >= 0.6 is 0 Å². The number of hydrogen-bond donors (Lipinski definition) is 1. The predicted molar refractivity (Wildman–Crippen MR) is 111 cm³/mol. The zero-order valence-electron chi connectivity index (χ0n) is 16.7. The van der Waals surface area contributed by atoms with E-state index < -0.39 is 0 Å². The summed E-state index contributed by atoms with van der Waals surface area (Å²) in [4.78, 5) is 29.0. The number of hydrogen-bond acceptors (Lipinski definition) is 5. The standard InChI is InChI=1S/C22H25N3O4/c1-28-15-9-10-20(29-2)16(12-15)18-8-5-11-24(18)14-22(27)25-13-21(26)23-17-6-3-4-7-19(17)25/h3-4,6-7,9-10,12,18H,5,8,11,13-14H2,1-2H3,(H,23,26). The summed E-state index contributed by atoms with van der Waals surface area (Å²) >= 11 is 0. The van der Waals surface area contributed by atoms with E-state index in [1.807, 2.05) is 42.5 Å². The molecule has 2 heterocycles. The third kappa shape index (κ3) is 3.78. The molecule has 7 nitrogen and oxygen atoms in total. The zero-order chi connectivity index (χ0) is 20.4. The summed E-state index contributed by atoms with van der Waals surface area (Å²) in [6.07, 6.45) is 1.93. The molecule has 152 valence electrons. The average Bonchev–Trinajstić information content (AvgIpc) is 3.20. The van der Waals surface area contributed by atoms with Gasteiger partial charge in [0.1, 0.15) is 18.0 Å². The fourth-order valence-corrected chi connectivity index (χ4v) is 4.18. The molecule has 4 rings (SSSR count). The van der Waals surface area contributed by atoms with Crippen molar-refractivity contribution in [2.75, 3.05) is 44.1 Å². The highest BCUT2D eigenvalue weighted by molar-refractivity contribution is 6.10. The van der Waals surface area contributed by atoms with Crippen molar-refractivity contribution in [1.82, 2.24) is 4.90 Å². The number of nitrogens with one attached hydrogen (secondary N) is 1. The first-order chi connectivity index (χ1) is 14.1. The maximum atomic E-state index is 13.2. The number of benzene rings is 2. The number of nitrogens with zero attached hydrogens (tertiary/aromatic N) is 2. The van der Waals surface area contributed by atoms with Crippen LogP contribution in [0.25, 0.3) is 0 Å². The number of carbonyl (C=O) groups is 2. The van der Waals surface area contributed by atoms with Crippen molar-refractivity contribution in [3.8, 4) is 11.5 Å². The van der Waals surface area contributed by atoms with E-state index in [9.17, 15) is 9.59 Å². The molecule has 2 amide bonds. The van der Waals surface area contributed by atoms with Gasteiger partial charge in [0.05, 0.1) is 32.1 Å². The lowest BCUT2D eigenvalue weighted by Crippen LogP contribution is -2.46. The molecule has 0 aromatic heterocycles. The summed E-state index contributed by atoms with van der Waals surface area (Å²) in [5, 5.41) is 2.82. The molecule has 0 aliphatic carbocycles. The van der Waals surface area contributed by atoms with E-state index >= 15 is 0 Å². The summed E-state index contributed by atoms with van der Waals surface area (Å²) in [5.74, 6) is 1.30. The Hall–Kier alpha value is -3.06. The van der Waals surface area contributed by atoms with Crippen LogP contribution in [0.4, 0.5) is 11.4 Å². The predicted octanol–water partition coefficient (Wildman–Crippen LogP) is 2.83. The highest BCUT2D eigenvalue weighted by Crippen LogP contribution is 2.39. The van der Waals surface area contributed by atoms with Gasteiger partial charge in [-0.15, -0.1) is 0 Å². The van der Waals surface area contributed by atoms with Gasteiger partial charge in [-0.3, -0.25) is 19.4 Å². The first-order valence-corrected chi connectivity index (χ1v) is 9.76. The first-order valence-electron chi connectivity index (χ1n) is 9.76. The Morgan fingerprint density at radius 2 is 2.00 bits per heavy atom. The molecule has 0 saturated carbocycles. The zero-order valence-corrected chi connectivity index (χ0v) is 16.7. The molecule has 2 aliphatic heterocycles. The number of para-hydroxylation sites is 2. The molecule has 1 atom stereocenters. The Morgan fingerprint density at radius 1 is 1.17 bits per heavy atom. The Balaban J connectivity index is 1.57. The normalized spacial score (nSPS) is 18.9. The van der Waals surface area contributed by atoms with Crippen LogP contribution < -0.4 is 19.7 Å². The molecule has 0 bridgehead atoms. The molecule has 0 spiro atoms. The first kappa shape index (κ1) is 19.3. The number of ether oxygens (including phenoxy) is 2. The number of fused-ring (bicyclic) bond motifs is 1. The molecule has 29 heavy (non-hydrogen) atoms. The van der Waals surface area contributed by atoms with Crippen LogP contribution in [0, 0.1) is 0 Å². The van der Waals surface area contributed by atoms with Crippen molar-refractivity contribution in [2.45, 2.75) is 18.9 Å². The fraction of sp³-hybridized carbons (Fsp3) is 0.364. The average molecular weight is 395 g/mol. The molecule has 1 unspecified atom stereocenters. The molecular weight excluding hydrogens is 370 g/mol. The molecule has 1 saturated heterocycles. The fourth-order valence-electron chi connectivity index (χ4n) is 4.18. The van der Waals surface area contributed by atoms with Gasteiger partial charge in [0.15, 0.2) is 0 Å². The maximum Gasteiger partial charge on any atom is 0.244 e. The number of methoxy groups -OCH3 is 2. The quantitative estimate of drug-likeness (QED) is 0.843. The number of carbonyl (C=O) groups excluding carboxylic acids is 2. The molecule has 1 fully saturated rings. The molecule has 7 heteroatoms. The number of anilines is 2. The lowest BCUT2D eigenvalue weighted by Gasteiger charge is -2.32. The second kappa shape index (κ2) is 8.13. The van der Waals surface area contributed by atoms with Crippen LogP contribution in [0.1, 0.15) is 24.4 Å². The third-order valence-electron chi connectivity index (χ3n) is 5.57. The minimum Gasteiger partial charge on any atom is -0.497 e. The van der Waals surface area contributed by atoms with E-state index in [-0.39, 0.29) is 30.9 Å². The van der Waals surface area contributed by atoms with Crippen molar-refractivity contribution >= 4 is 23.2 Å². The number of rotatable bonds is 5. The van der Waals surface area contributed by atoms with Crippen molar-refractivity contribution in [3.05, 3.63) is 48.0 Å². The van der Waals surface area contributed by atoms with Crippen molar-refractivity contribution in [1.29, 1.82) is 0 Å². The van der Waals surface area contributed by atoms with Gasteiger partial charge in [0, 0.05) is 11.6 Å². The molecular formula is C22H25N3O4. The topological polar surface area (TPSA) is 71.1 Å². The van der Waals surface area contributed by atoms with Crippen molar-refractivity contribution in [3.63, 3.8) is 0 Å². The van der Waals surface area contributed by atoms with Gasteiger partial charge in [-0.1, -0.05) is 12.1 Å². The van der Waals surface area contributed by atoms with E-state index in [2.05, 4.69) is 10.2 Å². The van der Waals surface area contributed by atoms with Gasteiger partial charge in [0.25, 0.3) is 0 Å². The lowest BCUT2D eigenvalue weighted by molar-refractivity contribution is -0.122. The number of likely N-dealkylation sites (tertiary alicyclic amines) is 1. The lowest BCUT2D eigenvalue weighted by atomic mass is 10.0. The SMILES string of the molecule is COc1ccc(OC)c(C2CCCN2CC(=O)N2CC(=O)Nc3ccccc32)c1. The third-order valence-corrected chi connectivity index (χ3v) is 5.57. The minimum absolute atomic E-state index is 0.0385. The summed E-state index contributed by atoms with van der Waals surface area (Å²) in [6.45, 7) is 1.10. The summed E-state index contributed by atoms with van der Waals surface area (Å²) in [6, 6.07) is 13.2. The smallest absolute Gasteiger partial charge is 0.244 e. The maximum absolute atomic E-state index is 13.2. The van der Waals surface area contributed by atoms with E-state index in [0.717, 1.165) is 42.1 Å². The van der Waals surface area contributed by atoms with Crippen LogP contribution in [0.5, 0.6) is 11.5 Å². The molecule has 0 radical (unpaired) electrons. The van der Waals surface area contributed by atoms with Gasteiger partial charge in [0.2, 0.25) is 11.8 Å². The van der Waals surface area contributed by atoms with Crippen LogP contribution in [0.3, 0.4) is 0 Å². The molecule has 2 aliphatic rings. The van der Waals surface area contributed by atoms with E-state index in [0.29, 0.717) is 5.69 Å². The van der Waals surface area contributed by atoms with E-state index in [4.69, 9.17) is 9.47 Å². The Kier molecular flexibility index (Phi) is 5.40. The summed E-state index contributed by atoms with van der Waals surface area (Å²) in [7, 11) is 3.29. The highest BCUT2D eigenvalue weighted by atomic mass is 16.5.